The maximum Gasteiger partial charge on any atom is 0.257 e. The van der Waals surface area contributed by atoms with Gasteiger partial charge in [-0.2, -0.15) is 20.1 Å². The van der Waals surface area contributed by atoms with Crippen molar-refractivity contribution < 1.29 is 0 Å². The molecule has 2 rings (SSSR count). The molecule has 0 spiro atoms. The topological polar surface area (TPSA) is 71.8 Å². The van der Waals surface area contributed by atoms with Crippen molar-refractivity contribution >= 4 is 11.9 Å². The summed E-state index contributed by atoms with van der Waals surface area (Å²) in [5.41, 5.74) is 0.160. The van der Waals surface area contributed by atoms with Gasteiger partial charge >= 0.3 is 0 Å². The molecule has 0 saturated carbocycles. The van der Waals surface area contributed by atoms with Crippen molar-refractivity contribution in [3.8, 4) is 5.95 Å². The zero-order valence-corrected chi connectivity index (χ0v) is 12.6. The van der Waals surface area contributed by atoms with E-state index in [0.717, 1.165) is 6.54 Å². The summed E-state index contributed by atoms with van der Waals surface area (Å²) in [7, 11) is 3.77. The zero-order chi connectivity index (χ0) is 14.8. The van der Waals surface area contributed by atoms with Crippen molar-refractivity contribution in [3.05, 3.63) is 18.5 Å². The average molecular weight is 275 g/mol. The highest BCUT2D eigenvalue weighted by Crippen LogP contribution is 2.18. The summed E-state index contributed by atoms with van der Waals surface area (Å²) in [6.07, 6.45) is 3.50. The van der Waals surface area contributed by atoms with Crippen LogP contribution in [0.5, 0.6) is 0 Å². The largest absolute Gasteiger partial charge is 0.357 e. The van der Waals surface area contributed by atoms with Gasteiger partial charge in [-0.15, -0.1) is 0 Å². The maximum atomic E-state index is 4.47. The minimum absolute atomic E-state index is 0.160. The van der Waals surface area contributed by atoms with Gasteiger partial charge in [0.05, 0.1) is 0 Å². The molecule has 1 N–H and O–H groups in total. The fourth-order valence-electron chi connectivity index (χ4n) is 1.91. The van der Waals surface area contributed by atoms with Gasteiger partial charge in [0.25, 0.3) is 5.95 Å². The Bertz CT molecular complexity index is 557. The van der Waals surface area contributed by atoms with E-state index in [9.17, 15) is 0 Å². The Labute approximate surface area is 119 Å². The maximum absolute atomic E-state index is 4.47. The van der Waals surface area contributed by atoms with Crippen LogP contribution in [-0.4, -0.2) is 45.4 Å². The second-order valence-electron chi connectivity index (χ2n) is 5.88. The first-order valence-electron chi connectivity index (χ1n) is 6.54. The standard InChI is InChI=1S/C13H21N7/c1-13(2,3)9-19(5)11-16-10(14-4)17-12(18-11)20-8-6-7-15-20/h6-8H,9H2,1-5H3,(H,14,16,17,18). The molecule has 0 radical (unpaired) electrons. The van der Waals surface area contributed by atoms with Gasteiger partial charge < -0.3 is 10.2 Å². The summed E-state index contributed by atoms with van der Waals surface area (Å²) in [5, 5.41) is 7.11. The molecule has 0 aliphatic heterocycles. The van der Waals surface area contributed by atoms with E-state index in [1.54, 1.807) is 17.9 Å². The summed E-state index contributed by atoms with van der Waals surface area (Å²) in [6.45, 7) is 7.38. The summed E-state index contributed by atoms with van der Waals surface area (Å²) in [5.74, 6) is 1.66. The van der Waals surface area contributed by atoms with Crippen molar-refractivity contribution in [3.63, 3.8) is 0 Å². The van der Waals surface area contributed by atoms with Crippen LogP contribution in [0, 0.1) is 5.41 Å². The number of anilines is 2. The Hall–Kier alpha value is -2.18. The molecule has 2 aromatic heterocycles. The summed E-state index contributed by atoms with van der Waals surface area (Å²) < 4.78 is 1.62. The number of hydrogen-bond donors (Lipinski definition) is 1. The molecule has 0 aliphatic carbocycles. The van der Waals surface area contributed by atoms with E-state index in [2.05, 4.69) is 46.1 Å². The number of hydrogen-bond acceptors (Lipinski definition) is 6. The first kappa shape index (κ1) is 14.2. The van der Waals surface area contributed by atoms with Crippen LogP contribution >= 0.6 is 0 Å². The molecule has 7 nitrogen and oxygen atoms in total. The predicted molar refractivity (Wildman–Crippen MR) is 79.2 cm³/mol. The molecule has 0 fully saturated rings. The minimum atomic E-state index is 0.160. The highest BCUT2D eigenvalue weighted by Gasteiger charge is 2.17. The number of rotatable bonds is 4. The lowest BCUT2D eigenvalue weighted by atomic mass is 9.96. The molecule has 0 unspecified atom stereocenters. The molecule has 20 heavy (non-hydrogen) atoms. The van der Waals surface area contributed by atoms with Gasteiger partial charge in [-0.1, -0.05) is 20.8 Å². The van der Waals surface area contributed by atoms with Gasteiger partial charge in [-0.3, -0.25) is 0 Å². The normalized spacial score (nSPS) is 11.4. The van der Waals surface area contributed by atoms with E-state index >= 15 is 0 Å². The molecule has 2 heterocycles. The van der Waals surface area contributed by atoms with Gasteiger partial charge in [0.2, 0.25) is 11.9 Å². The lowest BCUT2D eigenvalue weighted by molar-refractivity contribution is 0.416. The molecule has 2 aromatic rings. The molecule has 7 heteroatoms. The van der Waals surface area contributed by atoms with Crippen molar-refractivity contribution in [2.75, 3.05) is 30.9 Å². The average Bonchev–Trinajstić information content (AvgIpc) is 2.90. The predicted octanol–water partition coefficient (Wildman–Crippen LogP) is 1.58. The van der Waals surface area contributed by atoms with Crippen LogP contribution in [0.4, 0.5) is 11.9 Å². The van der Waals surface area contributed by atoms with Crippen molar-refractivity contribution in [2.45, 2.75) is 20.8 Å². The highest BCUT2D eigenvalue weighted by atomic mass is 15.4. The van der Waals surface area contributed by atoms with Gasteiger partial charge in [-0.05, 0) is 11.5 Å². The number of nitrogens with zero attached hydrogens (tertiary/aromatic N) is 6. The van der Waals surface area contributed by atoms with Crippen LogP contribution in [0.1, 0.15) is 20.8 Å². The third-order valence-corrected chi connectivity index (χ3v) is 2.60. The zero-order valence-electron chi connectivity index (χ0n) is 12.6. The fraction of sp³-hybridized carbons (Fsp3) is 0.538. The van der Waals surface area contributed by atoms with Gasteiger partial charge in [0, 0.05) is 33.0 Å². The van der Waals surface area contributed by atoms with Crippen LogP contribution in [0.3, 0.4) is 0 Å². The molecule has 0 aromatic carbocycles. The molecular formula is C13H21N7. The molecule has 0 atom stereocenters. The second kappa shape index (κ2) is 5.44. The number of aromatic nitrogens is 5. The first-order valence-corrected chi connectivity index (χ1v) is 6.54. The first-order chi connectivity index (χ1) is 9.39. The molecule has 0 aliphatic rings. The monoisotopic (exact) mass is 275 g/mol. The Morgan fingerprint density at radius 1 is 1.25 bits per heavy atom. The van der Waals surface area contributed by atoms with Crippen molar-refractivity contribution in [1.29, 1.82) is 0 Å². The van der Waals surface area contributed by atoms with Crippen LogP contribution in [0.2, 0.25) is 0 Å². The third kappa shape index (κ3) is 3.43. The Morgan fingerprint density at radius 2 is 2.00 bits per heavy atom. The lowest BCUT2D eigenvalue weighted by Crippen LogP contribution is -2.31. The lowest BCUT2D eigenvalue weighted by Gasteiger charge is -2.26. The van der Waals surface area contributed by atoms with Crippen LogP contribution in [0.15, 0.2) is 18.5 Å². The van der Waals surface area contributed by atoms with E-state index < -0.39 is 0 Å². The van der Waals surface area contributed by atoms with Crippen LogP contribution in [-0.2, 0) is 0 Å². The van der Waals surface area contributed by atoms with Crippen molar-refractivity contribution in [1.82, 2.24) is 24.7 Å². The van der Waals surface area contributed by atoms with E-state index in [1.807, 2.05) is 24.2 Å². The highest BCUT2D eigenvalue weighted by molar-refractivity contribution is 5.39. The van der Waals surface area contributed by atoms with E-state index in [1.165, 1.54) is 0 Å². The minimum Gasteiger partial charge on any atom is -0.357 e. The smallest absolute Gasteiger partial charge is 0.257 e. The van der Waals surface area contributed by atoms with Crippen LogP contribution < -0.4 is 10.2 Å². The van der Waals surface area contributed by atoms with E-state index in [4.69, 9.17) is 0 Å². The van der Waals surface area contributed by atoms with Crippen molar-refractivity contribution in [2.24, 2.45) is 5.41 Å². The fourth-order valence-corrected chi connectivity index (χ4v) is 1.91. The van der Waals surface area contributed by atoms with Gasteiger partial charge in [-0.25, -0.2) is 4.68 Å². The summed E-state index contributed by atoms with van der Waals surface area (Å²) in [6, 6.07) is 1.83. The third-order valence-electron chi connectivity index (χ3n) is 2.60. The second-order valence-corrected chi connectivity index (χ2v) is 5.88. The Balaban J connectivity index is 2.36. The van der Waals surface area contributed by atoms with Gasteiger partial charge in [0.1, 0.15) is 0 Å². The van der Waals surface area contributed by atoms with Crippen LogP contribution in [0.25, 0.3) is 5.95 Å². The molecule has 0 amide bonds. The number of nitrogens with one attached hydrogen (secondary N) is 1. The Morgan fingerprint density at radius 3 is 2.55 bits per heavy atom. The summed E-state index contributed by atoms with van der Waals surface area (Å²) >= 11 is 0. The summed E-state index contributed by atoms with van der Waals surface area (Å²) in [4.78, 5) is 15.2. The quantitative estimate of drug-likeness (QED) is 0.913. The molecule has 0 saturated heterocycles. The molecule has 0 bridgehead atoms. The molecular weight excluding hydrogens is 254 g/mol. The van der Waals surface area contributed by atoms with E-state index in [0.29, 0.717) is 17.8 Å². The SMILES string of the molecule is CNc1nc(N(C)CC(C)(C)C)nc(-n2cccn2)n1. The van der Waals surface area contributed by atoms with Gasteiger partial charge in [0.15, 0.2) is 0 Å². The Kier molecular flexibility index (Phi) is 3.87. The molecule has 108 valence electrons. The van der Waals surface area contributed by atoms with E-state index in [-0.39, 0.29) is 5.41 Å².